The molecule has 1 nitrogen and oxygen atoms in total. The van der Waals surface area contributed by atoms with Gasteiger partial charge in [0.2, 0.25) is 0 Å². The lowest BCUT2D eigenvalue weighted by Crippen LogP contribution is -2.29. The van der Waals surface area contributed by atoms with Crippen molar-refractivity contribution in [1.29, 1.82) is 0 Å². The Hall–Kier alpha value is -0.210. The molecule has 1 N–H and O–H groups in total. The molecule has 1 aliphatic heterocycles. The van der Waals surface area contributed by atoms with Crippen LogP contribution >= 0.6 is 28.6 Å². The van der Waals surface area contributed by atoms with E-state index < -0.39 is 0 Å². The normalized spacial score (nSPS) is 22.1. The van der Waals surface area contributed by atoms with Gasteiger partial charge >= 0.3 is 0 Å². The van der Waals surface area contributed by atoms with Crippen LogP contribution in [0.15, 0.2) is 18.2 Å². The largest absolute Gasteiger partial charge is 0.381 e. The van der Waals surface area contributed by atoms with Crippen LogP contribution in [0.4, 0.5) is 5.69 Å². The molecule has 0 aromatic heterocycles. The smallest absolute Gasteiger partial charge is 0.0410 e. The predicted molar refractivity (Wildman–Crippen MR) is 67.9 cm³/mol. The van der Waals surface area contributed by atoms with E-state index in [1.807, 2.05) is 6.07 Å². The molecule has 0 aliphatic carbocycles. The van der Waals surface area contributed by atoms with E-state index in [0.29, 0.717) is 6.04 Å². The summed E-state index contributed by atoms with van der Waals surface area (Å²) in [6, 6.07) is 6.53. The molecule has 1 heterocycles. The van der Waals surface area contributed by atoms with E-state index in [9.17, 15) is 0 Å². The molecule has 1 unspecified atom stereocenters. The number of halogens is 2. The van der Waals surface area contributed by atoms with Gasteiger partial charge in [0, 0.05) is 22.2 Å². The second kappa shape index (κ2) is 3.74. The Morgan fingerprint density at radius 1 is 1.36 bits per heavy atom. The highest BCUT2D eigenvalue weighted by Crippen LogP contribution is 2.41. The van der Waals surface area contributed by atoms with Crippen LogP contribution < -0.4 is 5.32 Å². The summed E-state index contributed by atoms with van der Waals surface area (Å²) in [5.74, 6) is 0. The van der Waals surface area contributed by atoms with Crippen LogP contribution in [-0.4, -0.2) is 6.04 Å². The number of benzene rings is 1. The zero-order chi connectivity index (χ0) is 9.64. The summed E-state index contributed by atoms with van der Waals surface area (Å²) in [7, 11) is 0. The molecule has 0 spiro atoms. The second-order valence-electron chi connectivity index (χ2n) is 4.28. The fourth-order valence-electron chi connectivity index (χ4n) is 1.82. The number of nitrogens with one attached hydrogen (secondary N) is 1. The van der Waals surface area contributed by atoms with E-state index >= 15 is 0 Å². The van der Waals surface area contributed by atoms with Crippen LogP contribution in [0.25, 0.3) is 0 Å². The Morgan fingerprint density at radius 3 is 2.64 bits per heavy atom. The molecule has 1 aromatic rings. The quantitative estimate of drug-likeness (QED) is 0.755. The van der Waals surface area contributed by atoms with Crippen molar-refractivity contribution in [2.75, 3.05) is 5.32 Å². The molecule has 0 saturated carbocycles. The van der Waals surface area contributed by atoms with Crippen molar-refractivity contribution in [2.24, 2.45) is 0 Å². The minimum absolute atomic E-state index is 0. The average Bonchev–Trinajstić information content (AvgIpc) is 2.27. The third kappa shape index (κ3) is 1.66. The molecule has 0 radical (unpaired) electrons. The summed E-state index contributed by atoms with van der Waals surface area (Å²) in [5.41, 5.74) is 2.73. The fourth-order valence-corrected chi connectivity index (χ4v) is 1.99. The first-order chi connectivity index (χ1) is 6.01. The summed E-state index contributed by atoms with van der Waals surface area (Å²) in [5, 5.41) is 4.28. The van der Waals surface area contributed by atoms with Gasteiger partial charge in [-0.25, -0.2) is 0 Å². The van der Waals surface area contributed by atoms with E-state index in [-0.39, 0.29) is 22.4 Å². The topological polar surface area (TPSA) is 12.0 Å². The zero-order valence-electron chi connectivity index (χ0n) is 8.60. The highest BCUT2D eigenvalue weighted by Gasteiger charge is 2.36. The van der Waals surface area contributed by atoms with Crippen molar-refractivity contribution in [3.63, 3.8) is 0 Å². The fraction of sp³-hybridized carbons (Fsp3) is 0.455. The maximum Gasteiger partial charge on any atom is 0.0410 e. The molecule has 78 valence electrons. The van der Waals surface area contributed by atoms with Crippen LogP contribution in [0.2, 0.25) is 5.02 Å². The molecule has 1 aliphatic rings. The number of rotatable bonds is 0. The minimum Gasteiger partial charge on any atom is -0.381 e. The molecule has 3 heteroatoms. The summed E-state index contributed by atoms with van der Waals surface area (Å²) >= 11 is 5.97. The van der Waals surface area contributed by atoms with E-state index in [4.69, 9.17) is 11.6 Å². The lowest BCUT2D eigenvalue weighted by atomic mass is 9.81. The van der Waals surface area contributed by atoms with Crippen LogP contribution in [0.5, 0.6) is 0 Å². The monoisotopic (exact) mass is 275 g/mol. The molecule has 0 fully saturated rings. The third-order valence-electron chi connectivity index (χ3n) is 3.13. The van der Waals surface area contributed by atoms with Gasteiger partial charge in [-0.2, -0.15) is 0 Å². The molecule has 0 saturated heterocycles. The van der Waals surface area contributed by atoms with Crippen molar-refractivity contribution in [1.82, 2.24) is 0 Å². The maximum atomic E-state index is 5.97. The molecule has 14 heavy (non-hydrogen) atoms. The average molecular weight is 277 g/mol. The molecular weight excluding hydrogens is 261 g/mol. The van der Waals surface area contributed by atoms with Crippen LogP contribution in [0.3, 0.4) is 0 Å². The van der Waals surface area contributed by atoms with Gasteiger partial charge in [0.05, 0.1) is 0 Å². The van der Waals surface area contributed by atoms with Gasteiger partial charge in [-0.15, -0.1) is 17.0 Å². The van der Waals surface area contributed by atoms with Gasteiger partial charge in [-0.1, -0.05) is 25.4 Å². The molecule has 2 rings (SSSR count). The van der Waals surface area contributed by atoms with Gasteiger partial charge in [-0.05, 0) is 30.7 Å². The van der Waals surface area contributed by atoms with Crippen molar-refractivity contribution in [3.8, 4) is 0 Å². The summed E-state index contributed by atoms with van der Waals surface area (Å²) in [6.07, 6.45) is 0. The Kier molecular flexibility index (Phi) is 3.17. The van der Waals surface area contributed by atoms with Gasteiger partial charge in [0.15, 0.2) is 0 Å². The molecular formula is C11H15BrClN. The van der Waals surface area contributed by atoms with Gasteiger partial charge in [0.1, 0.15) is 0 Å². The van der Waals surface area contributed by atoms with E-state index in [1.54, 1.807) is 0 Å². The number of hydrogen-bond donors (Lipinski definition) is 1. The molecule has 1 atom stereocenters. The van der Waals surface area contributed by atoms with Gasteiger partial charge in [0.25, 0.3) is 0 Å². The van der Waals surface area contributed by atoms with Crippen molar-refractivity contribution in [3.05, 3.63) is 28.8 Å². The van der Waals surface area contributed by atoms with Crippen LogP contribution in [0, 0.1) is 0 Å². The molecule has 0 bridgehead atoms. The summed E-state index contributed by atoms with van der Waals surface area (Å²) in [6.45, 7) is 6.69. The maximum absolute atomic E-state index is 5.97. The Balaban J connectivity index is 0.000000980. The van der Waals surface area contributed by atoms with Crippen LogP contribution in [0.1, 0.15) is 26.3 Å². The summed E-state index contributed by atoms with van der Waals surface area (Å²) in [4.78, 5) is 0. The zero-order valence-corrected chi connectivity index (χ0v) is 11.1. The number of fused-ring (bicyclic) bond motifs is 1. The lowest BCUT2D eigenvalue weighted by Gasteiger charge is -2.23. The van der Waals surface area contributed by atoms with Crippen molar-refractivity contribution in [2.45, 2.75) is 32.2 Å². The van der Waals surface area contributed by atoms with Gasteiger partial charge < -0.3 is 5.32 Å². The first-order valence-corrected chi connectivity index (χ1v) is 4.96. The van der Waals surface area contributed by atoms with Crippen molar-refractivity contribution < 1.29 is 0 Å². The Labute approximate surface area is 101 Å². The van der Waals surface area contributed by atoms with E-state index in [1.165, 1.54) is 11.3 Å². The highest BCUT2D eigenvalue weighted by molar-refractivity contribution is 8.93. The molecule has 1 aromatic carbocycles. The standard InChI is InChI=1S/C11H14ClN.BrH/c1-7-11(2,3)9-6-8(12)4-5-10(9)13-7;/h4-7,13H,1-3H3;1H. The first kappa shape index (κ1) is 11.9. The summed E-state index contributed by atoms with van der Waals surface area (Å²) < 4.78 is 0. The van der Waals surface area contributed by atoms with E-state index in [0.717, 1.165) is 5.02 Å². The Bertz CT molecular complexity index is 349. The number of hydrogen-bond acceptors (Lipinski definition) is 1. The highest BCUT2D eigenvalue weighted by atomic mass is 79.9. The third-order valence-corrected chi connectivity index (χ3v) is 3.37. The van der Waals surface area contributed by atoms with Crippen molar-refractivity contribution >= 4 is 34.3 Å². The van der Waals surface area contributed by atoms with E-state index in [2.05, 4.69) is 38.2 Å². The first-order valence-electron chi connectivity index (χ1n) is 4.58. The SMILES string of the molecule is Br.CC1Nc2ccc(Cl)cc2C1(C)C. The second-order valence-corrected chi connectivity index (χ2v) is 4.71. The van der Waals surface area contributed by atoms with Crippen LogP contribution in [-0.2, 0) is 5.41 Å². The lowest BCUT2D eigenvalue weighted by molar-refractivity contribution is 0.486. The predicted octanol–water partition coefficient (Wildman–Crippen LogP) is 4.01. The number of anilines is 1. The molecule has 0 amide bonds. The van der Waals surface area contributed by atoms with Gasteiger partial charge in [-0.3, -0.25) is 0 Å². The Morgan fingerprint density at radius 2 is 2.00 bits per heavy atom. The minimum atomic E-state index is 0.